The van der Waals surface area contributed by atoms with Crippen molar-refractivity contribution in [2.24, 2.45) is 17.8 Å². The monoisotopic (exact) mass is 279 g/mol. The maximum Gasteiger partial charge on any atom is 0.337 e. The molecule has 3 rings (SSSR count). The molecule has 2 aliphatic carbocycles. The molecule has 2 N–H and O–H groups in total. The summed E-state index contributed by atoms with van der Waals surface area (Å²) in [7, 11) is 0. The van der Waals surface area contributed by atoms with Crippen molar-refractivity contribution in [3.63, 3.8) is 0 Å². The van der Waals surface area contributed by atoms with E-state index in [2.05, 4.69) is 5.32 Å². The van der Waals surface area contributed by atoms with Crippen molar-refractivity contribution in [1.29, 1.82) is 0 Å². The van der Waals surface area contributed by atoms with Gasteiger partial charge in [0.15, 0.2) is 0 Å². The molecule has 0 aromatic heterocycles. The van der Waals surface area contributed by atoms with Gasteiger partial charge < -0.3 is 10.4 Å². The minimum Gasteiger partial charge on any atom is -0.478 e. The van der Waals surface area contributed by atoms with Gasteiger partial charge in [-0.25, -0.2) is 4.79 Å². The van der Waals surface area contributed by atoms with E-state index in [9.17, 15) is 9.90 Å². The first-order chi connectivity index (χ1) is 9.13. The molecule has 2 aliphatic rings. The summed E-state index contributed by atoms with van der Waals surface area (Å²) in [5.74, 6) is 1.54. The second-order valence-electron chi connectivity index (χ2n) is 5.81. The standard InChI is InChI=1S/C15H18ClNO2/c16-12-3-4-14(13(7-12)15(18)19)17-8-11-6-9-1-2-10(11)5-9/h3-4,7,9-11,17H,1-2,5-6,8H2,(H,18,19). The van der Waals surface area contributed by atoms with Gasteiger partial charge in [0, 0.05) is 17.3 Å². The molecule has 3 nitrogen and oxygen atoms in total. The Morgan fingerprint density at radius 1 is 1.37 bits per heavy atom. The van der Waals surface area contributed by atoms with Crippen LogP contribution >= 0.6 is 11.6 Å². The van der Waals surface area contributed by atoms with E-state index in [1.165, 1.54) is 31.7 Å². The number of carboxylic acids is 1. The number of carboxylic acid groups (broad SMARTS) is 1. The SMILES string of the molecule is O=C(O)c1cc(Cl)ccc1NCC1CC2CCC1C2. The third-order valence-electron chi connectivity index (χ3n) is 4.65. The van der Waals surface area contributed by atoms with Crippen molar-refractivity contribution in [3.8, 4) is 0 Å². The van der Waals surface area contributed by atoms with Crippen LogP contribution in [0.2, 0.25) is 5.02 Å². The summed E-state index contributed by atoms with van der Waals surface area (Å²) in [5, 5.41) is 13.0. The molecule has 0 spiro atoms. The molecule has 1 aromatic rings. The number of anilines is 1. The molecule has 0 radical (unpaired) electrons. The molecule has 2 saturated carbocycles. The summed E-state index contributed by atoms with van der Waals surface area (Å²) < 4.78 is 0. The van der Waals surface area contributed by atoms with Gasteiger partial charge in [0.05, 0.1) is 5.56 Å². The summed E-state index contributed by atoms with van der Waals surface area (Å²) in [5.41, 5.74) is 0.940. The Balaban J connectivity index is 1.68. The lowest BCUT2D eigenvalue weighted by Crippen LogP contribution is -2.21. The quantitative estimate of drug-likeness (QED) is 0.879. The van der Waals surface area contributed by atoms with Crippen molar-refractivity contribution in [1.82, 2.24) is 0 Å². The largest absolute Gasteiger partial charge is 0.478 e. The summed E-state index contributed by atoms with van der Waals surface area (Å²) in [4.78, 5) is 11.2. The van der Waals surface area contributed by atoms with Crippen LogP contribution in [-0.2, 0) is 0 Å². The lowest BCUT2D eigenvalue weighted by Gasteiger charge is -2.22. The van der Waals surface area contributed by atoms with E-state index >= 15 is 0 Å². The van der Waals surface area contributed by atoms with Crippen LogP contribution in [0.15, 0.2) is 18.2 Å². The van der Waals surface area contributed by atoms with Gasteiger partial charge in [0.2, 0.25) is 0 Å². The molecule has 19 heavy (non-hydrogen) atoms. The average Bonchev–Trinajstić information content (AvgIpc) is 2.99. The van der Waals surface area contributed by atoms with Gasteiger partial charge in [0.1, 0.15) is 0 Å². The molecule has 102 valence electrons. The molecule has 0 aliphatic heterocycles. The van der Waals surface area contributed by atoms with E-state index in [-0.39, 0.29) is 5.56 Å². The van der Waals surface area contributed by atoms with Crippen LogP contribution in [0, 0.1) is 17.8 Å². The van der Waals surface area contributed by atoms with Crippen LogP contribution in [-0.4, -0.2) is 17.6 Å². The topological polar surface area (TPSA) is 49.3 Å². The van der Waals surface area contributed by atoms with Crippen molar-refractivity contribution in [2.75, 3.05) is 11.9 Å². The van der Waals surface area contributed by atoms with Crippen LogP contribution in [0.4, 0.5) is 5.69 Å². The van der Waals surface area contributed by atoms with Crippen LogP contribution < -0.4 is 5.32 Å². The highest BCUT2D eigenvalue weighted by atomic mass is 35.5. The number of halogens is 1. The van der Waals surface area contributed by atoms with Gasteiger partial charge >= 0.3 is 5.97 Å². The highest BCUT2D eigenvalue weighted by Gasteiger charge is 2.39. The summed E-state index contributed by atoms with van der Waals surface area (Å²) in [6.45, 7) is 0.878. The smallest absolute Gasteiger partial charge is 0.337 e. The van der Waals surface area contributed by atoms with Gasteiger partial charge in [-0.2, -0.15) is 0 Å². The molecule has 3 unspecified atom stereocenters. The molecular weight excluding hydrogens is 262 g/mol. The van der Waals surface area contributed by atoms with Crippen molar-refractivity contribution >= 4 is 23.3 Å². The molecule has 2 fully saturated rings. The molecule has 0 saturated heterocycles. The Bertz CT molecular complexity index is 503. The van der Waals surface area contributed by atoms with Gasteiger partial charge in [-0.05, 0) is 55.2 Å². The Kier molecular flexibility index (Phi) is 3.40. The van der Waals surface area contributed by atoms with Gasteiger partial charge in [-0.15, -0.1) is 0 Å². The highest BCUT2D eigenvalue weighted by molar-refractivity contribution is 6.31. The van der Waals surface area contributed by atoms with Crippen molar-refractivity contribution < 1.29 is 9.90 Å². The first-order valence-electron chi connectivity index (χ1n) is 6.90. The van der Waals surface area contributed by atoms with Gasteiger partial charge in [-0.1, -0.05) is 18.0 Å². The number of aromatic carboxylic acids is 1. The molecule has 2 bridgehead atoms. The molecule has 0 heterocycles. The molecule has 4 heteroatoms. The van der Waals surface area contributed by atoms with E-state index < -0.39 is 5.97 Å². The third-order valence-corrected chi connectivity index (χ3v) is 4.89. The maximum atomic E-state index is 11.2. The Labute approximate surface area is 118 Å². The minimum atomic E-state index is -0.932. The molecule has 1 aromatic carbocycles. The fourth-order valence-corrected chi connectivity index (χ4v) is 3.89. The van der Waals surface area contributed by atoms with Crippen molar-refractivity contribution in [2.45, 2.75) is 25.7 Å². The normalized spacial score (nSPS) is 28.6. The second kappa shape index (κ2) is 5.04. The average molecular weight is 280 g/mol. The first-order valence-corrected chi connectivity index (χ1v) is 7.28. The Morgan fingerprint density at radius 3 is 2.84 bits per heavy atom. The fourth-order valence-electron chi connectivity index (χ4n) is 3.72. The van der Waals surface area contributed by atoms with Crippen LogP contribution in [0.25, 0.3) is 0 Å². The fraction of sp³-hybridized carbons (Fsp3) is 0.533. The number of benzene rings is 1. The molecule has 3 atom stereocenters. The number of fused-ring (bicyclic) bond motifs is 2. The summed E-state index contributed by atoms with van der Waals surface area (Å²) in [6.07, 6.45) is 5.41. The number of nitrogens with one attached hydrogen (secondary N) is 1. The summed E-state index contributed by atoms with van der Waals surface area (Å²) >= 11 is 5.85. The zero-order valence-electron chi connectivity index (χ0n) is 10.7. The third kappa shape index (κ3) is 2.57. The zero-order valence-corrected chi connectivity index (χ0v) is 11.5. The zero-order chi connectivity index (χ0) is 13.4. The Morgan fingerprint density at radius 2 is 2.21 bits per heavy atom. The molecular formula is C15H18ClNO2. The predicted molar refractivity (Wildman–Crippen MR) is 75.8 cm³/mol. The Hall–Kier alpha value is -1.22. The highest BCUT2D eigenvalue weighted by Crippen LogP contribution is 2.48. The number of carbonyl (C=O) groups is 1. The second-order valence-corrected chi connectivity index (χ2v) is 6.25. The van der Waals surface area contributed by atoms with E-state index in [0.29, 0.717) is 16.6 Å². The first kappa shape index (κ1) is 12.8. The van der Waals surface area contributed by atoms with E-state index in [1.54, 1.807) is 12.1 Å². The number of hydrogen-bond donors (Lipinski definition) is 2. The van der Waals surface area contributed by atoms with E-state index in [0.717, 1.165) is 18.4 Å². The van der Waals surface area contributed by atoms with Gasteiger partial charge in [0.25, 0.3) is 0 Å². The van der Waals surface area contributed by atoms with Crippen LogP contribution in [0.5, 0.6) is 0 Å². The van der Waals surface area contributed by atoms with Gasteiger partial charge in [-0.3, -0.25) is 0 Å². The summed E-state index contributed by atoms with van der Waals surface area (Å²) in [6, 6.07) is 5.00. The number of hydrogen-bond acceptors (Lipinski definition) is 2. The maximum absolute atomic E-state index is 11.2. The predicted octanol–water partition coefficient (Wildman–Crippen LogP) is 3.89. The van der Waals surface area contributed by atoms with E-state index in [1.807, 2.05) is 0 Å². The lowest BCUT2D eigenvalue weighted by atomic mass is 9.89. The minimum absolute atomic E-state index is 0.260. The van der Waals surface area contributed by atoms with Crippen LogP contribution in [0.1, 0.15) is 36.0 Å². The van der Waals surface area contributed by atoms with Crippen LogP contribution in [0.3, 0.4) is 0 Å². The van der Waals surface area contributed by atoms with E-state index in [4.69, 9.17) is 11.6 Å². The number of rotatable bonds is 4. The molecule has 0 amide bonds. The van der Waals surface area contributed by atoms with Crippen molar-refractivity contribution in [3.05, 3.63) is 28.8 Å². The lowest BCUT2D eigenvalue weighted by molar-refractivity contribution is 0.0698.